The fourth-order valence-corrected chi connectivity index (χ4v) is 2.87. The van der Waals surface area contributed by atoms with Gasteiger partial charge < -0.3 is 14.6 Å². The number of carbonyl (C=O) groups is 1. The fraction of sp³-hybridized carbons (Fsp3) is 0.158. The van der Waals surface area contributed by atoms with Gasteiger partial charge >= 0.3 is 0 Å². The molecular formula is C19H17N5O2. The molecule has 0 atom stereocenters. The van der Waals surface area contributed by atoms with Crippen molar-refractivity contribution in [2.75, 3.05) is 12.4 Å². The molecule has 0 aliphatic carbocycles. The lowest BCUT2D eigenvalue weighted by Crippen LogP contribution is -2.15. The molecule has 26 heavy (non-hydrogen) atoms. The molecule has 1 amide bonds. The molecule has 7 nitrogen and oxygen atoms in total. The standard InChI is InChI=1S/C19H17N5O2/c1-26-14-9-8-13-5-2-3-10-24-12-20-23-18(24)16-6-4-7-17(21-16)22-19(25)15(13)11-14/h2-4,6-9,11-12H,5,10H2,1H3,(H,21,22,25). The molecule has 1 aliphatic rings. The molecule has 7 heteroatoms. The predicted molar refractivity (Wildman–Crippen MR) is 97.0 cm³/mol. The van der Waals surface area contributed by atoms with Crippen molar-refractivity contribution in [2.24, 2.45) is 0 Å². The normalized spacial score (nSPS) is 13.5. The number of fused-ring (bicyclic) bond motifs is 5. The van der Waals surface area contributed by atoms with E-state index in [1.807, 2.05) is 41.0 Å². The second-order valence-electron chi connectivity index (χ2n) is 5.87. The molecule has 0 spiro atoms. The summed E-state index contributed by atoms with van der Waals surface area (Å²) in [5.74, 6) is 1.53. The number of benzene rings is 1. The number of amides is 1. The van der Waals surface area contributed by atoms with E-state index in [-0.39, 0.29) is 5.91 Å². The molecule has 130 valence electrons. The van der Waals surface area contributed by atoms with Gasteiger partial charge in [-0.2, -0.15) is 0 Å². The third-order valence-corrected chi connectivity index (χ3v) is 4.20. The van der Waals surface area contributed by atoms with Gasteiger partial charge in [0.1, 0.15) is 23.6 Å². The molecule has 0 saturated carbocycles. The second kappa shape index (κ2) is 6.79. The lowest BCUT2D eigenvalue weighted by molar-refractivity contribution is 0.102. The Balaban J connectivity index is 1.81. The first-order valence-corrected chi connectivity index (χ1v) is 8.23. The molecule has 0 radical (unpaired) electrons. The lowest BCUT2D eigenvalue weighted by atomic mass is 10.0. The number of pyridine rings is 1. The van der Waals surface area contributed by atoms with Crippen molar-refractivity contribution in [1.82, 2.24) is 19.7 Å². The molecular weight excluding hydrogens is 330 g/mol. The van der Waals surface area contributed by atoms with Gasteiger partial charge in [0.05, 0.1) is 7.11 Å². The van der Waals surface area contributed by atoms with Crippen LogP contribution >= 0.6 is 0 Å². The number of hydrogen-bond donors (Lipinski definition) is 1. The summed E-state index contributed by atoms with van der Waals surface area (Å²) in [6.07, 6.45) is 6.37. The van der Waals surface area contributed by atoms with Crippen LogP contribution < -0.4 is 10.1 Å². The molecule has 2 bridgehead atoms. The molecule has 0 saturated heterocycles. The van der Waals surface area contributed by atoms with Crippen molar-refractivity contribution in [3.8, 4) is 17.3 Å². The largest absolute Gasteiger partial charge is 0.497 e. The Kier molecular flexibility index (Phi) is 4.18. The summed E-state index contributed by atoms with van der Waals surface area (Å²) < 4.78 is 7.18. The SMILES string of the molecule is COc1ccc2c(c1)C(=O)Nc1cccc(n1)-c1nncn1CC=CC2. The van der Waals surface area contributed by atoms with Crippen LogP contribution in [0.2, 0.25) is 0 Å². The maximum absolute atomic E-state index is 12.8. The van der Waals surface area contributed by atoms with Crippen LogP contribution in [0.3, 0.4) is 0 Å². The van der Waals surface area contributed by atoms with E-state index in [0.717, 1.165) is 5.56 Å². The van der Waals surface area contributed by atoms with Gasteiger partial charge in [-0.3, -0.25) is 4.79 Å². The Bertz CT molecular complexity index is 993. The van der Waals surface area contributed by atoms with Crippen LogP contribution in [0.4, 0.5) is 5.82 Å². The number of nitrogens with zero attached hydrogens (tertiary/aromatic N) is 4. The summed E-state index contributed by atoms with van der Waals surface area (Å²) in [7, 11) is 1.58. The molecule has 0 unspecified atom stereocenters. The maximum Gasteiger partial charge on any atom is 0.257 e. The zero-order valence-corrected chi connectivity index (χ0v) is 14.2. The molecule has 0 fully saturated rings. The number of allylic oxidation sites excluding steroid dienone is 2. The van der Waals surface area contributed by atoms with Crippen molar-refractivity contribution in [3.05, 3.63) is 66.0 Å². The summed E-state index contributed by atoms with van der Waals surface area (Å²) in [5.41, 5.74) is 2.14. The van der Waals surface area contributed by atoms with Crippen LogP contribution in [0.1, 0.15) is 15.9 Å². The van der Waals surface area contributed by atoms with Gasteiger partial charge in [-0.1, -0.05) is 24.3 Å². The first kappa shape index (κ1) is 16.0. The predicted octanol–water partition coefficient (Wildman–Crippen LogP) is 2.71. The highest BCUT2D eigenvalue weighted by atomic mass is 16.5. The number of hydrogen-bond acceptors (Lipinski definition) is 5. The number of aromatic nitrogens is 4. The number of nitrogens with one attached hydrogen (secondary N) is 1. The average Bonchev–Trinajstić information content (AvgIpc) is 3.13. The van der Waals surface area contributed by atoms with Gasteiger partial charge in [0.25, 0.3) is 5.91 Å². The van der Waals surface area contributed by atoms with Gasteiger partial charge in [0, 0.05) is 12.1 Å². The molecule has 1 aliphatic heterocycles. The van der Waals surface area contributed by atoms with E-state index in [0.29, 0.717) is 41.6 Å². The van der Waals surface area contributed by atoms with Crippen molar-refractivity contribution < 1.29 is 9.53 Å². The molecule has 3 heterocycles. The van der Waals surface area contributed by atoms with Gasteiger partial charge in [-0.15, -0.1) is 10.2 Å². The van der Waals surface area contributed by atoms with Crippen molar-refractivity contribution in [1.29, 1.82) is 0 Å². The summed E-state index contributed by atoms with van der Waals surface area (Å²) in [4.78, 5) is 17.3. The van der Waals surface area contributed by atoms with Crippen LogP contribution in [0.25, 0.3) is 11.5 Å². The van der Waals surface area contributed by atoms with Gasteiger partial charge in [-0.05, 0) is 36.2 Å². The lowest BCUT2D eigenvalue weighted by Gasteiger charge is -2.11. The van der Waals surface area contributed by atoms with Crippen molar-refractivity contribution in [2.45, 2.75) is 13.0 Å². The number of methoxy groups -OCH3 is 1. The average molecular weight is 347 g/mol. The summed E-state index contributed by atoms with van der Waals surface area (Å²) in [6.45, 7) is 0.626. The van der Waals surface area contributed by atoms with Gasteiger partial charge in [0.2, 0.25) is 0 Å². The van der Waals surface area contributed by atoms with E-state index in [2.05, 4.69) is 20.5 Å². The Hall–Kier alpha value is -3.48. The first-order valence-electron chi connectivity index (χ1n) is 8.23. The van der Waals surface area contributed by atoms with Crippen LogP contribution in [-0.2, 0) is 13.0 Å². The first-order chi connectivity index (χ1) is 12.7. The molecule has 1 N–H and O–H groups in total. The quantitative estimate of drug-likeness (QED) is 0.685. The Morgan fingerprint density at radius 2 is 2.12 bits per heavy atom. The van der Waals surface area contributed by atoms with E-state index in [4.69, 9.17) is 4.74 Å². The minimum atomic E-state index is -0.224. The summed E-state index contributed by atoms with van der Waals surface area (Å²) in [6, 6.07) is 10.9. The van der Waals surface area contributed by atoms with Crippen molar-refractivity contribution in [3.63, 3.8) is 0 Å². The number of ether oxygens (including phenoxy) is 1. The van der Waals surface area contributed by atoms with Crippen LogP contribution in [0, 0.1) is 0 Å². The minimum absolute atomic E-state index is 0.224. The third-order valence-electron chi connectivity index (χ3n) is 4.20. The molecule has 4 rings (SSSR count). The van der Waals surface area contributed by atoms with Crippen LogP contribution in [0.15, 0.2) is 54.9 Å². The Morgan fingerprint density at radius 3 is 3.00 bits per heavy atom. The van der Waals surface area contributed by atoms with Crippen LogP contribution in [-0.4, -0.2) is 32.8 Å². The highest BCUT2D eigenvalue weighted by molar-refractivity contribution is 6.05. The topological polar surface area (TPSA) is 81.9 Å². The zero-order chi connectivity index (χ0) is 17.9. The smallest absolute Gasteiger partial charge is 0.257 e. The summed E-state index contributed by atoms with van der Waals surface area (Å²) >= 11 is 0. The highest BCUT2D eigenvalue weighted by Gasteiger charge is 2.15. The number of anilines is 1. The molecule has 2 aromatic heterocycles. The van der Waals surface area contributed by atoms with E-state index >= 15 is 0 Å². The van der Waals surface area contributed by atoms with Gasteiger partial charge in [0.15, 0.2) is 5.82 Å². The number of rotatable bonds is 1. The third kappa shape index (κ3) is 3.06. The zero-order valence-electron chi connectivity index (χ0n) is 14.2. The molecule has 1 aromatic carbocycles. The maximum atomic E-state index is 12.8. The monoisotopic (exact) mass is 347 g/mol. The Labute approximate surface area is 150 Å². The Morgan fingerprint density at radius 1 is 1.19 bits per heavy atom. The van der Waals surface area contributed by atoms with E-state index < -0.39 is 0 Å². The van der Waals surface area contributed by atoms with E-state index in [1.54, 1.807) is 25.6 Å². The second-order valence-corrected chi connectivity index (χ2v) is 5.87. The van der Waals surface area contributed by atoms with Crippen LogP contribution in [0.5, 0.6) is 5.75 Å². The highest BCUT2D eigenvalue weighted by Crippen LogP contribution is 2.22. The summed E-state index contributed by atoms with van der Waals surface area (Å²) in [5, 5.41) is 11.0. The van der Waals surface area contributed by atoms with E-state index in [1.165, 1.54) is 0 Å². The van der Waals surface area contributed by atoms with Gasteiger partial charge in [-0.25, -0.2) is 4.98 Å². The van der Waals surface area contributed by atoms with Crippen molar-refractivity contribution >= 4 is 11.7 Å². The minimum Gasteiger partial charge on any atom is -0.497 e. The van der Waals surface area contributed by atoms with E-state index in [9.17, 15) is 4.79 Å². The molecule has 3 aromatic rings. The fourth-order valence-electron chi connectivity index (χ4n) is 2.87. The number of carbonyl (C=O) groups excluding carboxylic acids is 1.